The Bertz CT molecular complexity index is 33.0. The van der Waals surface area contributed by atoms with Crippen molar-refractivity contribution < 1.29 is 15.3 Å². The first kappa shape index (κ1) is 5.88. The zero-order valence-electron chi connectivity index (χ0n) is 3.35. The van der Waals surface area contributed by atoms with Crippen LogP contribution in [-0.2, 0) is 4.74 Å². The summed E-state index contributed by atoms with van der Waals surface area (Å²) in [7, 11) is 0. The summed E-state index contributed by atoms with van der Waals surface area (Å²) >= 11 is 0. The van der Waals surface area contributed by atoms with Gasteiger partial charge in [0.1, 0.15) is 6.10 Å². The van der Waals surface area contributed by atoms with Crippen molar-refractivity contribution in [1.82, 2.24) is 0 Å². The van der Waals surface area contributed by atoms with Gasteiger partial charge in [-0.25, -0.2) is 0 Å². The lowest BCUT2D eigenvalue weighted by molar-refractivity contribution is 0.244. The van der Waals surface area contributed by atoms with E-state index in [1.807, 2.05) is 0 Å². The molecule has 0 saturated carbocycles. The monoisotopic (exact) mass is 92.0 g/mol. The van der Waals surface area contributed by atoms with E-state index in [1.54, 1.807) is 0 Å². The van der Waals surface area contributed by atoms with Crippen molar-refractivity contribution in [1.29, 1.82) is 0 Å². The van der Waals surface area contributed by atoms with Crippen LogP contribution in [0.5, 0.6) is 0 Å². The van der Waals surface area contributed by atoms with Crippen molar-refractivity contribution in [2.24, 2.45) is 0 Å². The maximum Gasteiger partial charge on any atom is 0.104 e. The highest BCUT2D eigenvalue weighted by atomic mass is 16.6. The Morgan fingerprint density at radius 2 is 2.33 bits per heavy atom. The average molecular weight is 92.1 g/mol. The Kier molecular flexibility index (Phi) is 2.08. The van der Waals surface area contributed by atoms with Crippen LogP contribution in [0, 0.1) is 0 Å². The highest BCUT2D eigenvalue weighted by Gasteiger charge is 2.19. The molecular weight excluding hydrogens is 84.0 g/mol. The Morgan fingerprint density at radius 1 is 1.83 bits per heavy atom. The molecule has 0 radical (unpaired) electrons. The van der Waals surface area contributed by atoms with Crippen molar-refractivity contribution in [2.45, 2.75) is 6.10 Å². The van der Waals surface area contributed by atoms with Gasteiger partial charge in [-0.05, 0) is 0 Å². The Balaban J connectivity index is 0.000000250. The lowest BCUT2D eigenvalue weighted by Gasteiger charge is -1.70. The van der Waals surface area contributed by atoms with Gasteiger partial charge >= 0.3 is 0 Å². The smallest absolute Gasteiger partial charge is 0.104 e. The lowest BCUT2D eigenvalue weighted by Crippen LogP contribution is -1.88. The van der Waals surface area contributed by atoms with Gasteiger partial charge in [-0.2, -0.15) is 0 Å². The highest BCUT2D eigenvalue weighted by Crippen LogP contribution is 2.04. The molecule has 1 aliphatic heterocycles. The number of epoxide rings is 1. The molecule has 0 amide bonds. The van der Waals surface area contributed by atoms with Gasteiger partial charge in [-0.1, -0.05) is 0 Å². The van der Waals surface area contributed by atoms with Crippen molar-refractivity contribution in [3.8, 4) is 0 Å². The van der Waals surface area contributed by atoms with Crippen LogP contribution in [0.4, 0.5) is 0 Å². The largest absolute Gasteiger partial charge is 0.412 e. The first-order valence-electron chi connectivity index (χ1n) is 1.66. The molecular formula is C3H8O3. The maximum atomic E-state index is 8.08. The van der Waals surface area contributed by atoms with E-state index in [2.05, 4.69) is 4.74 Å². The van der Waals surface area contributed by atoms with Crippen molar-refractivity contribution in [2.75, 3.05) is 13.2 Å². The standard InChI is InChI=1S/C3H6O2.H2O/c4-1-3-2-5-3;/h3-4H,1-2H2;1H2/t3-;/m0./s1. The van der Waals surface area contributed by atoms with Gasteiger partial charge in [0.2, 0.25) is 0 Å². The normalized spacial score (nSPS) is 28.5. The van der Waals surface area contributed by atoms with Crippen molar-refractivity contribution in [3.05, 3.63) is 0 Å². The lowest BCUT2D eigenvalue weighted by atomic mass is 10.5. The second-order valence-electron chi connectivity index (χ2n) is 1.14. The summed E-state index contributed by atoms with van der Waals surface area (Å²) in [5.74, 6) is 0. The van der Waals surface area contributed by atoms with Crippen LogP contribution in [-0.4, -0.2) is 29.9 Å². The predicted octanol–water partition coefficient (Wildman–Crippen LogP) is -1.45. The van der Waals surface area contributed by atoms with Crippen molar-refractivity contribution >= 4 is 0 Å². The molecule has 1 heterocycles. The van der Waals surface area contributed by atoms with Crippen LogP contribution in [0.2, 0.25) is 0 Å². The zero-order valence-corrected chi connectivity index (χ0v) is 3.35. The van der Waals surface area contributed by atoms with Gasteiger partial charge in [0.25, 0.3) is 0 Å². The van der Waals surface area contributed by atoms with E-state index >= 15 is 0 Å². The molecule has 0 aromatic heterocycles. The quantitative estimate of drug-likeness (QED) is 0.402. The van der Waals surface area contributed by atoms with E-state index < -0.39 is 0 Å². The average Bonchev–Trinajstić information content (AvgIpc) is 2.12. The van der Waals surface area contributed by atoms with Gasteiger partial charge in [0.15, 0.2) is 0 Å². The Hall–Kier alpha value is -0.120. The third-order valence-electron chi connectivity index (χ3n) is 0.606. The number of aliphatic hydroxyl groups excluding tert-OH is 1. The molecule has 1 fully saturated rings. The first-order valence-corrected chi connectivity index (χ1v) is 1.66. The molecule has 3 N–H and O–H groups in total. The van der Waals surface area contributed by atoms with E-state index in [1.165, 1.54) is 0 Å². The van der Waals surface area contributed by atoms with Gasteiger partial charge in [0, 0.05) is 0 Å². The minimum Gasteiger partial charge on any atom is -0.412 e. The fourth-order valence-corrected chi connectivity index (χ4v) is 0.173. The third-order valence-corrected chi connectivity index (χ3v) is 0.606. The number of aliphatic hydroxyl groups is 1. The summed E-state index contributed by atoms with van der Waals surface area (Å²) in [5.41, 5.74) is 0. The predicted molar refractivity (Wildman–Crippen MR) is 20.4 cm³/mol. The van der Waals surface area contributed by atoms with Crippen LogP contribution in [0.1, 0.15) is 0 Å². The molecule has 6 heavy (non-hydrogen) atoms. The SMILES string of the molecule is O.OC[C@H]1CO1. The van der Waals surface area contributed by atoms with E-state index in [0.29, 0.717) is 0 Å². The van der Waals surface area contributed by atoms with Gasteiger partial charge < -0.3 is 15.3 Å². The summed E-state index contributed by atoms with van der Waals surface area (Å²) in [5, 5.41) is 8.08. The molecule has 1 aliphatic rings. The molecule has 0 aromatic carbocycles. The molecule has 1 rings (SSSR count). The van der Waals surface area contributed by atoms with Gasteiger partial charge in [0.05, 0.1) is 13.2 Å². The van der Waals surface area contributed by atoms with E-state index in [0.717, 1.165) is 6.61 Å². The van der Waals surface area contributed by atoms with E-state index in [4.69, 9.17) is 5.11 Å². The summed E-state index contributed by atoms with van der Waals surface area (Å²) in [4.78, 5) is 0. The van der Waals surface area contributed by atoms with Crippen LogP contribution < -0.4 is 0 Å². The molecule has 3 nitrogen and oxygen atoms in total. The fourth-order valence-electron chi connectivity index (χ4n) is 0.173. The fraction of sp³-hybridized carbons (Fsp3) is 1.00. The molecule has 3 heteroatoms. The van der Waals surface area contributed by atoms with Gasteiger partial charge in [-0.3, -0.25) is 0 Å². The number of ether oxygens (including phenoxy) is 1. The van der Waals surface area contributed by atoms with E-state index in [9.17, 15) is 0 Å². The van der Waals surface area contributed by atoms with Crippen LogP contribution >= 0.6 is 0 Å². The molecule has 0 aliphatic carbocycles. The molecule has 1 saturated heterocycles. The minimum atomic E-state index is 0. The Morgan fingerprint density at radius 3 is 2.33 bits per heavy atom. The molecule has 0 unspecified atom stereocenters. The Labute approximate surface area is 35.9 Å². The molecule has 0 aromatic rings. The zero-order chi connectivity index (χ0) is 3.70. The summed E-state index contributed by atoms with van der Waals surface area (Å²) in [6, 6.07) is 0. The number of rotatable bonds is 1. The topological polar surface area (TPSA) is 64.3 Å². The number of hydrogen-bond donors (Lipinski definition) is 1. The molecule has 1 atom stereocenters. The van der Waals surface area contributed by atoms with Crippen LogP contribution in [0.15, 0.2) is 0 Å². The van der Waals surface area contributed by atoms with E-state index in [-0.39, 0.29) is 18.2 Å². The third kappa shape index (κ3) is 1.35. The second kappa shape index (κ2) is 2.12. The summed E-state index contributed by atoms with van der Waals surface area (Å²) in [6.07, 6.45) is 0.190. The highest BCUT2D eigenvalue weighted by molar-refractivity contribution is 4.65. The van der Waals surface area contributed by atoms with Crippen LogP contribution in [0.25, 0.3) is 0 Å². The summed E-state index contributed by atoms with van der Waals surface area (Å²) < 4.78 is 4.61. The van der Waals surface area contributed by atoms with Crippen molar-refractivity contribution in [3.63, 3.8) is 0 Å². The molecule has 0 spiro atoms. The number of hydrogen-bond acceptors (Lipinski definition) is 2. The van der Waals surface area contributed by atoms with Crippen LogP contribution in [0.3, 0.4) is 0 Å². The summed E-state index contributed by atoms with van der Waals surface area (Å²) in [6.45, 7) is 0.955. The molecule has 0 bridgehead atoms. The second-order valence-corrected chi connectivity index (χ2v) is 1.14. The van der Waals surface area contributed by atoms with Gasteiger partial charge in [-0.15, -0.1) is 0 Å². The maximum absolute atomic E-state index is 8.08. The minimum absolute atomic E-state index is 0. The molecule has 38 valence electrons. The first-order chi connectivity index (χ1) is 2.43.